The van der Waals surface area contributed by atoms with Crippen LogP contribution in [0.15, 0.2) is 93.2 Å². The van der Waals surface area contributed by atoms with Gasteiger partial charge < -0.3 is 50.4 Å². The minimum atomic E-state index is -1.26. The first-order valence-electron chi connectivity index (χ1n) is 16.3. The quantitative estimate of drug-likeness (QED) is 0.0639. The Kier molecular flexibility index (Phi) is 9.35. The normalized spacial score (nSPS) is 17.6. The molecule has 52 heavy (non-hydrogen) atoms. The van der Waals surface area contributed by atoms with Gasteiger partial charge in [-0.15, -0.1) is 0 Å². The zero-order valence-corrected chi connectivity index (χ0v) is 28.0. The van der Waals surface area contributed by atoms with Crippen LogP contribution in [0, 0.1) is 5.92 Å². The van der Waals surface area contributed by atoms with Crippen LogP contribution in [0.4, 0.5) is 0 Å². The van der Waals surface area contributed by atoms with E-state index in [2.05, 4.69) is 0 Å². The second kappa shape index (κ2) is 13.7. The number of phenols is 8. The van der Waals surface area contributed by atoms with Crippen LogP contribution >= 0.6 is 0 Å². The molecule has 0 aliphatic heterocycles. The number of fused-ring (bicyclic) bond motifs is 1. The number of rotatable bonds is 8. The Bertz CT molecular complexity index is 2370. The number of benzene rings is 4. The van der Waals surface area contributed by atoms with Gasteiger partial charge in [0.25, 0.3) is 0 Å². The van der Waals surface area contributed by atoms with E-state index < -0.39 is 46.2 Å². The lowest BCUT2D eigenvalue weighted by molar-refractivity contribution is 0.0876. The van der Waals surface area contributed by atoms with Crippen LogP contribution in [0.2, 0.25) is 0 Å². The summed E-state index contributed by atoms with van der Waals surface area (Å²) in [6, 6.07) is 12.2. The summed E-state index contributed by atoms with van der Waals surface area (Å²) in [6.45, 7) is 3.15. The molecule has 12 nitrogen and oxygen atoms in total. The Balaban J connectivity index is 1.56. The molecule has 3 atom stereocenters. The van der Waals surface area contributed by atoms with E-state index >= 15 is 0 Å². The molecule has 1 heterocycles. The predicted octanol–water partition coefficient (Wildman–Crippen LogP) is 6.30. The zero-order valence-electron chi connectivity index (χ0n) is 28.0. The average molecular weight is 709 g/mol. The molecule has 1 aliphatic carbocycles. The maximum absolute atomic E-state index is 14.8. The van der Waals surface area contributed by atoms with Crippen LogP contribution < -0.4 is 5.43 Å². The fourth-order valence-corrected chi connectivity index (χ4v) is 7.00. The van der Waals surface area contributed by atoms with Gasteiger partial charge in [-0.3, -0.25) is 9.59 Å². The van der Waals surface area contributed by atoms with Gasteiger partial charge in [-0.2, -0.15) is 0 Å². The Morgan fingerprint density at radius 2 is 1.52 bits per heavy atom. The summed E-state index contributed by atoms with van der Waals surface area (Å²) in [5.74, 6) is -7.32. The minimum Gasteiger partial charge on any atom is -0.508 e. The van der Waals surface area contributed by atoms with Crippen molar-refractivity contribution in [2.45, 2.75) is 38.5 Å². The molecule has 0 amide bonds. The fourth-order valence-electron chi connectivity index (χ4n) is 7.00. The Labute approximate surface area is 296 Å². The zero-order chi connectivity index (χ0) is 37.6. The van der Waals surface area contributed by atoms with Crippen LogP contribution in [0.5, 0.6) is 46.0 Å². The molecule has 1 aromatic heterocycles. The number of aliphatic hydroxyl groups excluding tert-OH is 1. The summed E-state index contributed by atoms with van der Waals surface area (Å²) in [5.41, 5.74) is 0.184. The molecule has 3 unspecified atom stereocenters. The summed E-state index contributed by atoms with van der Waals surface area (Å²) >= 11 is 0. The monoisotopic (exact) mass is 708 g/mol. The summed E-state index contributed by atoms with van der Waals surface area (Å²) in [5, 5.41) is 95.5. The number of hydrogen-bond acceptors (Lipinski definition) is 12. The van der Waals surface area contributed by atoms with Gasteiger partial charge in [0.15, 0.2) is 11.2 Å². The highest BCUT2D eigenvalue weighted by Gasteiger charge is 2.44. The largest absolute Gasteiger partial charge is 0.508 e. The van der Waals surface area contributed by atoms with E-state index in [0.717, 1.165) is 24.3 Å². The highest BCUT2D eigenvalue weighted by Crippen LogP contribution is 2.54. The number of Topliss-reactive ketones (excluding diaryl/α,β-unsaturated/α-hetero) is 1. The van der Waals surface area contributed by atoms with E-state index in [1.165, 1.54) is 36.4 Å². The van der Waals surface area contributed by atoms with Crippen LogP contribution in [0.25, 0.3) is 22.3 Å². The first-order chi connectivity index (χ1) is 24.7. The molecule has 6 rings (SSSR count). The molecule has 12 heteroatoms. The first-order valence-corrected chi connectivity index (χ1v) is 16.3. The lowest BCUT2D eigenvalue weighted by atomic mass is 9.65. The molecule has 0 radical (unpaired) electrons. The Hall–Kier alpha value is -6.40. The van der Waals surface area contributed by atoms with Crippen molar-refractivity contribution in [1.29, 1.82) is 0 Å². The summed E-state index contributed by atoms with van der Waals surface area (Å²) in [4.78, 5) is 28.4. The fraction of sp³-hybridized carbons (Fsp3) is 0.200. The maximum atomic E-state index is 14.8. The van der Waals surface area contributed by atoms with Crippen molar-refractivity contribution in [1.82, 2.24) is 0 Å². The Morgan fingerprint density at radius 1 is 0.827 bits per heavy atom. The molecule has 9 N–H and O–H groups in total. The molecule has 1 aliphatic rings. The van der Waals surface area contributed by atoms with E-state index in [9.17, 15) is 55.5 Å². The third kappa shape index (κ3) is 6.35. The van der Waals surface area contributed by atoms with Crippen molar-refractivity contribution in [2.24, 2.45) is 5.92 Å². The standard InChI is InChI=1S/C40H36O12/c1-18(17-41)3-6-24-28(44)10-9-25(38(24)49)39(50)35-26(22-7-4-20(42)13-29(22)45)11-19(2)12-27(35)36-31(47)16-34-37(40(36)51)32(48)15-33(52-34)23-8-5-21(43)14-30(23)46/h3-5,7-10,12-16,26-27,35,41-47,49,51H,6,11,17H2,1-2H3. The number of carbonyl (C=O) groups excluding carboxylic acids is 1. The second-order valence-electron chi connectivity index (χ2n) is 13.1. The lowest BCUT2D eigenvalue weighted by Crippen LogP contribution is -2.32. The van der Waals surface area contributed by atoms with E-state index in [1.807, 2.05) is 0 Å². The number of hydrogen-bond donors (Lipinski definition) is 9. The van der Waals surface area contributed by atoms with Gasteiger partial charge >= 0.3 is 0 Å². The first kappa shape index (κ1) is 35.4. The molecule has 0 fully saturated rings. The molecule has 268 valence electrons. The number of aliphatic hydroxyl groups is 1. The third-order valence-electron chi connectivity index (χ3n) is 9.56. The molecule has 0 saturated heterocycles. The lowest BCUT2D eigenvalue weighted by Gasteiger charge is -2.37. The second-order valence-corrected chi connectivity index (χ2v) is 13.1. The number of carbonyl (C=O) groups is 1. The van der Waals surface area contributed by atoms with Crippen LogP contribution in [-0.2, 0) is 6.42 Å². The molecule has 5 aromatic rings. The predicted molar refractivity (Wildman–Crippen MR) is 190 cm³/mol. The van der Waals surface area contributed by atoms with Gasteiger partial charge in [0.1, 0.15) is 62.7 Å². The van der Waals surface area contributed by atoms with Crippen molar-refractivity contribution in [3.8, 4) is 57.3 Å². The number of phenolic OH excluding ortho intramolecular Hbond substituents is 8. The van der Waals surface area contributed by atoms with Crippen molar-refractivity contribution >= 4 is 16.8 Å². The summed E-state index contributed by atoms with van der Waals surface area (Å²) in [6.07, 6.45) is 3.41. The molecule has 0 spiro atoms. The van der Waals surface area contributed by atoms with Crippen LogP contribution in [0.1, 0.15) is 59.2 Å². The number of aromatic hydroxyl groups is 8. The summed E-state index contributed by atoms with van der Waals surface area (Å²) in [7, 11) is 0. The van der Waals surface area contributed by atoms with Gasteiger partial charge in [0.05, 0.1) is 17.7 Å². The van der Waals surface area contributed by atoms with Gasteiger partial charge in [-0.1, -0.05) is 29.4 Å². The molecular weight excluding hydrogens is 672 g/mol. The van der Waals surface area contributed by atoms with Crippen molar-refractivity contribution in [3.05, 3.63) is 116 Å². The van der Waals surface area contributed by atoms with Gasteiger partial charge in [-0.25, -0.2) is 0 Å². The van der Waals surface area contributed by atoms with Crippen LogP contribution in [-0.4, -0.2) is 58.3 Å². The van der Waals surface area contributed by atoms with Gasteiger partial charge in [0.2, 0.25) is 0 Å². The minimum absolute atomic E-state index is 0.0197. The van der Waals surface area contributed by atoms with Crippen molar-refractivity contribution < 1.29 is 55.2 Å². The number of allylic oxidation sites excluding steroid dienone is 3. The highest BCUT2D eigenvalue weighted by atomic mass is 16.3. The average Bonchev–Trinajstić information content (AvgIpc) is 3.07. The molecule has 0 saturated carbocycles. The van der Waals surface area contributed by atoms with Crippen LogP contribution in [0.3, 0.4) is 0 Å². The highest BCUT2D eigenvalue weighted by molar-refractivity contribution is 6.03. The van der Waals surface area contributed by atoms with E-state index in [0.29, 0.717) is 11.1 Å². The third-order valence-corrected chi connectivity index (χ3v) is 9.56. The SMILES string of the molecule is CC(=CCc1c(O)ccc(C(=O)C2C(c3c(O)cc4oc(-c5ccc(O)cc5O)cc(=O)c4c3O)C=C(C)CC2c2ccc(O)cc2O)c1O)CO. The maximum Gasteiger partial charge on any atom is 0.197 e. The summed E-state index contributed by atoms with van der Waals surface area (Å²) < 4.78 is 5.85. The van der Waals surface area contributed by atoms with Crippen molar-refractivity contribution in [3.63, 3.8) is 0 Å². The smallest absolute Gasteiger partial charge is 0.197 e. The number of ketones is 1. The van der Waals surface area contributed by atoms with Crippen molar-refractivity contribution in [2.75, 3.05) is 6.61 Å². The van der Waals surface area contributed by atoms with Gasteiger partial charge in [0, 0.05) is 53.1 Å². The molecular formula is C40H36O12. The van der Waals surface area contributed by atoms with E-state index in [4.69, 9.17) is 4.42 Å². The molecule has 0 bridgehead atoms. The van der Waals surface area contributed by atoms with Gasteiger partial charge in [-0.05, 0) is 62.6 Å². The van der Waals surface area contributed by atoms with E-state index in [-0.39, 0.29) is 92.7 Å². The molecule has 4 aromatic carbocycles. The topological polar surface area (TPSA) is 229 Å². The van der Waals surface area contributed by atoms with E-state index in [1.54, 1.807) is 26.0 Å². The Morgan fingerprint density at radius 3 is 2.19 bits per heavy atom.